The fourth-order valence-electron chi connectivity index (χ4n) is 3.45. The van der Waals surface area contributed by atoms with Crippen LogP contribution in [-0.2, 0) is 22.8 Å². The van der Waals surface area contributed by atoms with Crippen molar-refractivity contribution in [3.63, 3.8) is 0 Å². The van der Waals surface area contributed by atoms with E-state index >= 15 is 0 Å². The van der Waals surface area contributed by atoms with Crippen LogP contribution >= 0.6 is 0 Å². The zero-order valence-electron chi connectivity index (χ0n) is 20.0. The van der Waals surface area contributed by atoms with Crippen molar-refractivity contribution in [2.75, 3.05) is 13.7 Å². The normalized spacial score (nSPS) is 11.9. The highest BCUT2D eigenvalue weighted by Gasteiger charge is 2.32. The Bertz CT molecular complexity index is 1290. The Morgan fingerprint density at radius 2 is 1.56 bits per heavy atom. The second-order valence-electron chi connectivity index (χ2n) is 8.52. The highest BCUT2D eigenvalue weighted by atomic mass is 32.2. The summed E-state index contributed by atoms with van der Waals surface area (Å²) in [5, 5.41) is 0. The lowest BCUT2D eigenvalue weighted by atomic mass is 10.1. The molecule has 1 amide bonds. The van der Waals surface area contributed by atoms with Crippen molar-refractivity contribution in [1.29, 1.82) is 0 Å². The standard InChI is InChI=1S/C26H26F3NO5S/c1-18(2)16-30(25(31)20-9-13-22(34-3)14-10-20)17-19-7-11-23(12-8-19)35-36(32,33)24-6-4-5-21(15-24)26(27,28)29/h4-15,18H,16-17H2,1-3H3. The second kappa shape index (κ2) is 11.0. The summed E-state index contributed by atoms with van der Waals surface area (Å²) in [6.45, 7) is 4.74. The molecular formula is C26H26F3NO5S. The number of halogens is 3. The molecule has 0 spiro atoms. The third-order valence-electron chi connectivity index (χ3n) is 5.16. The van der Waals surface area contributed by atoms with E-state index in [4.69, 9.17) is 8.92 Å². The zero-order chi connectivity index (χ0) is 26.5. The van der Waals surface area contributed by atoms with Crippen LogP contribution in [-0.4, -0.2) is 32.9 Å². The maximum atomic E-state index is 13.1. The van der Waals surface area contributed by atoms with Crippen LogP contribution in [0.3, 0.4) is 0 Å². The fourth-order valence-corrected chi connectivity index (χ4v) is 4.43. The van der Waals surface area contributed by atoms with E-state index in [2.05, 4.69) is 0 Å². The summed E-state index contributed by atoms with van der Waals surface area (Å²) in [7, 11) is -2.94. The number of rotatable bonds is 9. The molecule has 0 aliphatic heterocycles. The molecule has 10 heteroatoms. The van der Waals surface area contributed by atoms with Crippen LogP contribution in [0.5, 0.6) is 11.5 Å². The van der Waals surface area contributed by atoms with E-state index in [0.29, 0.717) is 23.9 Å². The van der Waals surface area contributed by atoms with Gasteiger partial charge in [0.2, 0.25) is 0 Å². The van der Waals surface area contributed by atoms with Gasteiger partial charge in [0.15, 0.2) is 0 Å². The molecule has 0 bridgehead atoms. The van der Waals surface area contributed by atoms with Gasteiger partial charge in [-0.2, -0.15) is 21.6 Å². The van der Waals surface area contributed by atoms with Crippen molar-refractivity contribution >= 4 is 16.0 Å². The van der Waals surface area contributed by atoms with Crippen LogP contribution < -0.4 is 8.92 Å². The topological polar surface area (TPSA) is 72.9 Å². The summed E-state index contributed by atoms with van der Waals surface area (Å²) < 4.78 is 74.0. The quantitative estimate of drug-likeness (QED) is 0.334. The molecule has 36 heavy (non-hydrogen) atoms. The van der Waals surface area contributed by atoms with E-state index in [1.165, 1.54) is 12.1 Å². The van der Waals surface area contributed by atoms with Gasteiger partial charge >= 0.3 is 16.3 Å². The molecule has 0 unspecified atom stereocenters. The van der Waals surface area contributed by atoms with Crippen molar-refractivity contribution < 1.29 is 35.3 Å². The summed E-state index contributed by atoms with van der Waals surface area (Å²) in [5.74, 6) is 0.608. The zero-order valence-corrected chi connectivity index (χ0v) is 20.8. The molecule has 3 aromatic rings. The molecule has 0 radical (unpaired) electrons. The maximum absolute atomic E-state index is 13.1. The number of benzene rings is 3. The Kier molecular flexibility index (Phi) is 8.29. The Morgan fingerprint density at radius 3 is 2.11 bits per heavy atom. The van der Waals surface area contributed by atoms with Crippen molar-refractivity contribution in [3.05, 3.63) is 89.5 Å². The van der Waals surface area contributed by atoms with Crippen LogP contribution in [0, 0.1) is 5.92 Å². The minimum absolute atomic E-state index is 0.0620. The van der Waals surface area contributed by atoms with E-state index in [9.17, 15) is 26.4 Å². The van der Waals surface area contributed by atoms with E-state index in [0.717, 1.165) is 23.8 Å². The summed E-state index contributed by atoms with van der Waals surface area (Å²) in [6, 6.07) is 16.1. The lowest BCUT2D eigenvalue weighted by Crippen LogP contribution is -2.33. The predicted octanol–water partition coefficient (Wildman–Crippen LogP) is 5.78. The van der Waals surface area contributed by atoms with Crippen molar-refractivity contribution in [2.24, 2.45) is 5.92 Å². The monoisotopic (exact) mass is 521 g/mol. The van der Waals surface area contributed by atoms with Gasteiger partial charge in [0.1, 0.15) is 16.4 Å². The van der Waals surface area contributed by atoms with Gasteiger partial charge in [-0.15, -0.1) is 0 Å². The Hall–Kier alpha value is -3.53. The Balaban J connectivity index is 1.75. The highest BCUT2D eigenvalue weighted by Crippen LogP contribution is 2.31. The summed E-state index contributed by atoms with van der Waals surface area (Å²) >= 11 is 0. The average molecular weight is 522 g/mol. The smallest absolute Gasteiger partial charge is 0.416 e. The highest BCUT2D eigenvalue weighted by molar-refractivity contribution is 7.87. The first-order valence-electron chi connectivity index (χ1n) is 11.0. The van der Waals surface area contributed by atoms with E-state index < -0.39 is 26.8 Å². The number of hydrogen-bond donors (Lipinski definition) is 0. The molecule has 0 N–H and O–H groups in total. The first kappa shape index (κ1) is 27.1. The van der Waals surface area contributed by atoms with Gasteiger partial charge in [-0.05, 0) is 66.1 Å². The number of methoxy groups -OCH3 is 1. The van der Waals surface area contributed by atoms with Crippen molar-refractivity contribution in [1.82, 2.24) is 4.90 Å². The molecule has 0 saturated carbocycles. The number of nitrogens with zero attached hydrogens (tertiary/aromatic N) is 1. The third kappa shape index (κ3) is 7.00. The van der Waals surface area contributed by atoms with Crippen LogP contribution in [0.15, 0.2) is 77.7 Å². The van der Waals surface area contributed by atoms with E-state index in [1.54, 1.807) is 48.4 Å². The SMILES string of the molecule is COc1ccc(C(=O)N(Cc2ccc(OS(=O)(=O)c3cccc(C(F)(F)F)c3)cc2)CC(C)C)cc1. The number of ether oxygens (including phenoxy) is 1. The van der Waals surface area contributed by atoms with Crippen molar-refractivity contribution in [2.45, 2.75) is 31.5 Å². The molecule has 0 fully saturated rings. The number of amides is 1. The minimum atomic E-state index is -4.68. The number of alkyl halides is 3. The molecule has 0 heterocycles. The summed E-state index contributed by atoms with van der Waals surface area (Å²) in [6.07, 6.45) is -4.68. The first-order chi connectivity index (χ1) is 16.9. The average Bonchev–Trinajstić information content (AvgIpc) is 2.83. The van der Waals surface area contributed by atoms with Gasteiger partial charge in [-0.1, -0.05) is 32.0 Å². The molecule has 3 aromatic carbocycles. The third-order valence-corrected chi connectivity index (χ3v) is 6.41. The second-order valence-corrected chi connectivity index (χ2v) is 10.1. The van der Waals surface area contributed by atoms with Crippen LogP contribution in [0.2, 0.25) is 0 Å². The minimum Gasteiger partial charge on any atom is -0.497 e. The number of carbonyl (C=O) groups excluding carboxylic acids is 1. The fraction of sp³-hybridized carbons (Fsp3) is 0.269. The summed E-state index contributed by atoms with van der Waals surface area (Å²) in [5.41, 5.74) is 0.138. The molecule has 3 rings (SSSR count). The molecule has 0 aliphatic carbocycles. The van der Waals surface area contributed by atoms with E-state index in [-0.39, 0.29) is 24.1 Å². The first-order valence-corrected chi connectivity index (χ1v) is 12.4. The molecule has 6 nitrogen and oxygen atoms in total. The van der Waals surface area contributed by atoms with Crippen LogP contribution in [0.25, 0.3) is 0 Å². The Labute approximate surface area is 208 Å². The predicted molar refractivity (Wildman–Crippen MR) is 128 cm³/mol. The molecule has 0 aliphatic rings. The maximum Gasteiger partial charge on any atom is 0.416 e. The molecule has 0 atom stereocenters. The van der Waals surface area contributed by atoms with E-state index in [1.807, 2.05) is 13.8 Å². The number of hydrogen-bond acceptors (Lipinski definition) is 5. The lowest BCUT2D eigenvalue weighted by molar-refractivity contribution is -0.137. The van der Waals surface area contributed by atoms with Crippen LogP contribution in [0.4, 0.5) is 13.2 Å². The Morgan fingerprint density at radius 1 is 0.944 bits per heavy atom. The largest absolute Gasteiger partial charge is 0.497 e. The van der Waals surface area contributed by atoms with Gasteiger partial charge in [0.25, 0.3) is 5.91 Å². The summed E-state index contributed by atoms with van der Waals surface area (Å²) in [4.78, 5) is 14.2. The molecule has 0 aromatic heterocycles. The van der Waals surface area contributed by atoms with Gasteiger partial charge < -0.3 is 13.8 Å². The van der Waals surface area contributed by atoms with Gasteiger partial charge in [0.05, 0.1) is 12.7 Å². The van der Waals surface area contributed by atoms with Gasteiger partial charge in [-0.25, -0.2) is 0 Å². The van der Waals surface area contributed by atoms with Crippen molar-refractivity contribution in [3.8, 4) is 11.5 Å². The van der Waals surface area contributed by atoms with Crippen LogP contribution in [0.1, 0.15) is 35.3 Å². The molecular weight excluding hydrogens is 495 g/mol. The van der Waals surface area contributed by atoms with Gasteiger partial charge in [-0.3, -0.25) is 4.79 Å². The molecule has 192 valence electrons. The lowest BCUT2D eigenvalue weighted by Gasteiger charge is -2.25. The number of carbonyl (C=O) groups is 1. The van der Waals surface area contributed by atoms with Gasteiger partial charge in [0, 0.05) is 18.7 Å². The molecule has 0 saturated heterocycles.